The van der Waals surface area contributed by atoms with Crippen LogP contribution in [0.3, 0.4) is 0 Å². The molecule has 0 unspecified atom stereocenters. The number of hydrogen-bond acceptors (Lipinski definition) is 2. The zero-order chi connectivity index (χ0) is 20.8. The van der Waals surface area contributed by atoms with Crippen molar-refractivity contribution in [2.75, 3.05) is 13.1 Å². The van der Waals surface area contributed by atoms with Crippen LogP contribution in [0.2, 0.25) is 10.1 Å². The van der Waals surface area contributed by atoms with Gasteiger partial charge in [0, 0.05) is 11.1 Å². The highest BCUT2D eigenvalue weighted by Crippen LogP contribution is 2.39. The Kier molecular flexibility index (Phi) is 9.22. The van der Waals surface area contributed by atoms with E-state index in [9.17, 15) is 4.79 Å². The summed E-state index contributed by atoms with van der Waals surface area (Å²) in [6.07, 6.45) is 3.39. The Morgan fingerprint density at radius 2 is 1.81 bits per heavy atom. The van der Waals surface area contributed by atoms with Crippen molar-refractivity contribution < 1.29 is 4.79 Å². The lowest BCUT2D eigenvalue weighted by Crippen LogP contribution is -2.48. The average molecular weight is 381 g/mol. The first-order valence-corrected chi connectivity index (χ1v) is 10.2. The van der Waals surface area contributed by atoms with Crippen molar-refractivity contribution in [3.63, 3.8) is 0 Å². The molecule has 142 valence electrons. The number of halogens is 1. The lowest BCUT2D eigenvalue weighted by molar-refractivity contribution is -0.124. The molecule has 0 atom stereocenters. The van der Waals surface area contributed by atoms with Crippen molar-refractivity contribution in [2.45, 2.75) is 76.9 Å². The first kappa shape index (κ1) is 24.4. The molecule has 0 saturated carbocycles. The summed E-state index contributed by atoms with van der Waals surface area (Å²) in [5, 5.41) is -0.230. The van der Waals surface area contributed by atoms with Gasteiger partial charge in [0.05, 0.1) is 29.0 Å². The lowest BCUT2D eigenvalue weighted by atomic mass is 9.41. The van der Waals surface area contributed by atoms with Crippen LogP contribution in [-0.2, 0) is 10.2 Å². The molecule has 2 rings (SSSR count). The van der Waals surface area contributed by atoms with Crippen LogP contribution in [0.15, 0.2) is 18.2 Å². The standard InChI is InChI=1S/C17H24ClNO.C4H7B3/c1-12(2)19-9-7-17(8-10-19,14(4)20)16-11-15(18)6-5-13(16)3;1-2-3-4(5,6)7/h5-6,11-12H,7-10H2,1-4H3;2-3H2,1H3. The minimum absolute atomic E-state index is 0.270. The Morgan fingerprint density at radius 1 is 1.26 bits per heavy atom. The second kappa shape index (κ2) is 10.2. The van der Waals surface area contributed by atoms with Crippen LogP contribution in [-0.4, -0.2) is 53.4 Å². The van der Waals surface area contributed by atoms with Crippen LogP contribution in [0.4, 0.5) is 0 Å². The second-order valence-electron chi connectivity index (χ2n) is 8.09. The summed E-state index contributed by atoms with van der Waals surface area (Å²) in [5.74, 6) is 0.270. The summed E-state index contributed by atoms with van der Waals surface area (Å²) in [4.78, 5) is 14.8. The van der Waals surface area contributed by atoms with Gasteiger partial charge in [0.1, 0.15) is 5.78 Å². The van der Waals surface area contributed by atoms with E-state index >= 15 is 0 Å². The molecule has 27 heavy (non-hydrogen) atoms. The molecule has 1 aromatic carbocycles. The zero-order valence-electron chi connectivity index (χ0n) is 17.5. The Hall–Kier alpha value is -0.665. The molecule has 1 fully saturated rings. The van der Waals surface area contributed by atoms with Gasteiger partial charge in [-0.3, -0.25) is 4.79 Å². The monoisotopic (exact) mass is 381 g/mol. The minimum atomic E-state index is -0.950. The number of benzene rings is 1. The molecule has 1 heterocycles. The molecule has 0 N–H and O–H groups in total. The molecule has 1 aliphatic heterocycles. The Labute approximate surface area is 175 Å². The maximum Gasteiger partial charge on any atom is 0.140 e. The van der Waals surface area contributed by atoms with Crippen LogP contribution in [0, 0.1) is 6.92 Å². The molecule has 0 bridgehead atoms. The Bertz CT molecular complexity index is 620. The fraction of sp³-hybridized carbons (Fsp3) is 0.667. The molecule has 0 aromatic heterocycles. The summed E-state index contributed by atoms with van der Waals surface area (Å²) in [7, 11) is 15.6. The third-order valence-electron chi connectivity index (χ3n) is 5.45. The second-order valence-corrected chi connectivity index (χ2v) is 8.53. The van der Waals surface area contributed by atoms with E-state index in [2.05, 4.69) is 25.7 Å². The number of aryl methyl sites for hydroxylation is 1. The van der Waals surface area contributed by atoms with E-state index in [-0.39, 0.29) is 11.2 Å². The molecule has 1 aromatic rings. The summed E-state index contributed by atoms with van der Waals surface area (Å²) in [5.41, 5.74) is 1.95. The van der Waals surface area contributed by atoms with Crippen molar-refractivity contribution in [1.82, 2.24) is 4.90 Å². The minimum Gasteiger partial charge on any atom is -0.301 e. The number of likely N-dealkylation sites (tertiary alicyclic amines) is 1. The third kappa shape index (κ3) is 7.02. The molecular formula is C21H31B3ClNO. The predicted octanol–water partition coefficient (Wildman–Crippen LogP) is 4.35. The van der Waals surface area contributed by atoms with Gasteiger partial charge in [-0.15, -0.1) is 5.11 Å². The van der Waals surface area contributed by atoms with E-state index < -0.39 is 5.11 Å². The molecule has 0 spiro atoms. The van der Waals surface area contributed by atoms with Gasteiger partial charge in [-0.25, -0.2) is 0 Å². The summed E-state index contributed by atoms with van der Waals surface area (Å²) in [6.45, 7) is 12.2. The highest BCUT2D eigenvalue weighted by atomic mass is 35.5. The molecule has 6 heteroatoms. The SMILES string of the molecule is CC(=O)C1(c2cc(Cl)ccc2C)CCN(C(C)C)CC1.[B]C([B])([B])CCC. The van der Waals surface area contributed by atoms with Crippen molar-refractivity contribution in [3.05, 3.63) is 34.3 Å². The van der Waals surface area contributed by atoms with Crippen LogP contribution < -0.4 is 0 Å². The number of Topliss-reactive ketones (excluding diaryl/α,β-unsaturated/α-hetero) is 1. The van der Waals surface area contributed by atoms with Gasteiger partial charge < -0.3 is 4.90 Å². The smallest absolute Gasteiger partial charge is 0.140 e. The lowest BCUT2D eigenvalue weighted by Gasteiger charge is -2.42. The number of nitrogens with zero attached hydrogens (tertiary/aromatic N) is 1. The van der Waals surface area contributed by atoms with E-state index in [4.69, 9.17) is 35.1 Å². The van der Waals surface area contributed by atoms with Crippen molar-refractivity contribution in [3.8, 4) is 0 Å². The Balaban J connectivity index is 0.000000445. The Morgan fingerprint density at radius 3 is 2.19 bits per heavy atom. The molecular weight excluding hydrogens is 350 g/mol. The largest absolute Gasteiger partial charge is 0.301 e. The fourth-order valence-corrected chi connectivity index (χ4v) is 3.95. The van der Waals surface area contributed by atoms with Crippen LogP contribution in [0.1, 0.15) is 64.5 Å². The van der Waals surface area contributed by atoms with E-state index in [1.54, 1.807) is 6.92 Å². The summed E-state index contributed by atoms with van der Waals surface area (Å²) < 4.78 is 0. The molecule has 6 radical (unpaired) electrons. The van der Waals surface area contributed by atoms with Crippen LogP contribution >= 0.6 is 11.6 Å². The van der Waals surface area contributed by atoms with Gasteiger partial charge >= 0.3 is 0 Å². The molecule has 1 aliphatic rings. The number of carbonyl (C=O) groups excluding carboxylic acids is 1. The number of ketones is 1. The third-order valence-corrected chi connectivity index (χ3v) is 5.69. The summed E-state index contributed by atoms with van der Waals surface area (Å²) >= 11 is 6.16. The number of rotatable bonds is 5. The van der Waals surface area contributed by atoms with Crippen LogP contribution in [0.5, 0.6) is 0 Å². The predicted molar refractivity (Wildman–Crippen MR) is 119 cm³/mol. The van der Waals surface area contributed by atoms with Gasteiger partial charge in [-0.1, -0.05) is 37.4 Å². The molecule has 2 nitrogen and oxygen atoms in total. The van der Waals surface area contributed by atoms with E-state index in [0.29, 0.717) is 12.5 Å². The van der Waals surface area contributed by atoms with Gasteiger partial charge in [0.25, 0.3) is 0 Å². The first-order valence-electron chi connectivity index (χ1n) is 9.81. The van der Waals surface area contributed by atoms with Gasteiger partial charge in [-0.05, 0) is 76.9 Å². The van der Waals surface area contributed by atoms with Crippen molar-refractivity contribution in [2.24, 2.45) is 0 Å². The topological polar surface area (TPSA) is 20.3 Å². The van der Waals surface area contributed by atoms with E-state index in [1.165, 1.54) is 5.56 Å². The molecule has 1 saturated heterocycles. The van der Waals surface area contributed by atoms with Crippen molar-refractivity contribution >= 4 is 40.9 Å². The maximum absolute atomic E-state index is 12.4. The van der Waals surface area contributed by atoms with Crippen molar-refractivity contribution in [1.29, 1.82) is 0 Å². The highest BCUT2D eigenvalue weighted by molar-refractivity contribution is 6.58. The zero-order valence-corrected chi connectivity index (χ0v) is 18.3. The normalized spacial score (nSPS) is 17.3. The van der Waals surface area contributed by atoms with E-state index in [1.807, 2.05) is 25.1 Å². The average Bonchev–Trinajstić information content (AvgIpc) is 2.56. The number of carbonyl (C=O) groups is 1. The first-order chi connectivity index (χ1) is 12.4. The molecule has 0 aliphatic carbocycles. The summed E-state index contributed by atoms with van der Waals surface area (Å²) in [6, 6.07) is 6.46. The number of piperidine rings is 1. The van der Waals surface area contributed by atoms with Gasteiger partial charge in [0.15, 0.2) is 0 Å². The maximum atomic E-state index is 12.4. The highest BCUT2D eigenvalue weighted by Gasteiger charge is 2.41. The quantitative estimate of drug-likeness (QED) is 0.707. The fourth-order valence-electron chi connectivity index (χ4n) is 3.78. The molecule has 0 amide bonds. The van der Waals surface area contributed by atoms with Gasteiger partial charge in [-0.2, -0.15) is 0 Å². The number of hydrogen-bond donors (Lipinski definition) is 0. The van der Waals surface area contributed by atoms with Gasteiger partial charge in [0.2, 0.25) is 0 Å². The van der Waals surface area contributed by atoms with Crippen LogP contribution in [0.25, 0.3) is 0 Å². The van der Waals surface area contributed by atoms with E-state index in [0.717, 1.165) is 42.9 Å².